The Labute approximate surface area is 158 Å². The zero-order valence-corrected chi connectivity index (χ0v) is 15.4. The molecule has 26 heavy (non-hydrogen) atoms. The molecule has 1 atom stereocenters. The van der Waals surface area contributed by atoms with Crippen molar-refractivity contribution in [2.24, 2.45) is 0 Å². The molecule has 5 heteroatoms. The van der Waals surface area contributed by atoms with E-state index in [1.807, 2.05) is 71.6 Å². The van der Waals surface area contributed by atoms with E-state index in [0.717, 1.165) is 12.2 Å². The van der Waals surface area contributed by atoms with E-state index in [4.69, 9.17) is 16.6 Å². The summed E-state index contributed by atoms with van der Waals surface area (Å²) in [6.45, 7) is 2.53. The summed E-state index contributed by atoms with van der Waals surface area (Å²) in [5.41, 5.74) is 1.84. The van der Waals surface area contributed by atoms with Crippen molar-refractivity contribution in [1.82, 2.24) is 5.32 Å². The van der Waals surface area contributed by atoms with Gasteiger partial charge in [0.1, 0.15) is 5.76 Å². The summed E-state index contributed by atoms with van der Waals surface area (Å²) in [6, 6.07) is 16.5. The highest BCUT2D eigenvalue weighted by Crippen LogP contribution is 2.13. The van der Waals surface area contributed by atoms with Crippen LogP contribution in [0.4, 0.5) is 0 Å². The molecule has 0 radical (unpaired) electrons. The van der Waals surface area contributed by atoms with Crippen LogP contribution in [0.25, 0.3) is 0 Å². The Kier molecular flexibility index (Phi) is 5.92. The summed E-state index contributed by atoms with van der Waals surface area (Å²) in [4.78, 5) is 13.6. The number of nitrogens with one attached hydrogen (secondary N) is 1. The number of carbonyl (C=O) groups excluding carboxylic acids is 1. The van der Waals surface area contributed by atoms with Crippen LogP contribution in [0.3, 0.4) is 0 Å². The van der Waals surface area contributed by atoms with Crippen LogP contribution >= 0.6 is 12.2 Å². The monoisotopic (exact) mass is 365 g/mol. The Morgan fingerprint density at radius 3 is 2.46 bits per heavy atom. The van der Waals surface area contributed by atoms with Gasteiger partial charge in [0.25, 0.3) is 6.04 Å². The zero-order chi connectivity index (χ0) is 18.4. The SMILES string of the molecule is CCc1ccc(C(=O)[C@H](C(=S)NCc2ccco2)[n+]2ccccc2)cc1. The van der Waals surface area contributed by atoms with Gasteiger partial charge in [-0.25, -0.2) is 0 Å². The number of carbonyl (C=O) groups is 1. The number of furan rings is 1. The summed E-state index contributed by atoms with van der Waals surface area (Å²) in [5, 5.41) is 3.15. The summed E-state index contributed by atoms with van der Waals surface area (Å²) >= 11 is 5.56. The van der Waals surface area contributed by atoms with Gasteiger partial charge in [-0.3, -0.25) is 4.79 Å². The Morgan fingerprint density at radius 2 is 1.85 bits per heavy atom. The standard InChI is InChI=1S/C21H20N2O2S/c1-2-16-8-10-17(11-9-16)20(24)19(23-12-4-3-5-13-23)21(26)22-15-18-7-6-14-25-18/h3-14,19H,2,15H2,1H3/p+1/t19-/m1/s1. The Morgan fingerprint density at radius 1 is 1.12 bits per heavy atom. The second-order valence-corrected chi connectivity index (χ2v) is 6.38. The van der Waals surface area contributed by atoms with Gasteiger partial charge >= 0.3 is 0 Å². The average molecular weight is 365 g/mol. The average Bonchev–Trinajstić information content (AvgIpc) is 3.21. The molecule has 0 bridgehead atoms. The lowest BCUT2D eigenvalue weighted by atomic mass is 10.0. The minimum atomic E-state index is -0.603. The van der Waals surface area contributed by atoms with Crippen LogP contribution in [0.15, 0.2) is 77.7 Å². The van der Waals surface area contributed by atoms with Crippen LogP contribution in [-0.4, -0.2) is 10.8 Å². The maximum absolute atomic E-state index is 13.2. The van der Waals surface area contributed by atoms with Gasteiger partial charge < -0.3 is 9.73 Å². The summed E-state index contributed by atoms with van der Waals surface area (Å²) < 4.78 is 7.15. The van der Waals surface area contributed by atoms with Crippen molar-refractivity contribution in [3.8, 4) is 0 Å². The van der Waals surface area contributed by atoms with Crippen molar-refractivity contribution < 1.29 is 13.8 Å². The molecule has 132 valence electrons. The highest BCUT2D eigenvalue weighted by atomic mass is 32.1. The molecule has 0 aliphatic carbocycles. The Bertz CT molecular complexity index is 859. The quantitative estimate of drug-likeness (QED) is 0.394. The van der Waals surface area contributed by atoms with Crippen LogP contribution in [0.5, 0.6) is 0 Å². The van der Waals surface area contributed by atoms with Crippen LogP contribution in [0, 0.1) is 0 Å². The second-order valence-electron chi connectivity index (χ2n) is 5.94. The van der Waals surface area contributed by atoms with Crippen LogP contribution < -0.4 is 9.88 Å². The minimum absolute atomic E-state index is 0.0409. The van der Waals surface area contributed by atoms with E-state index in [1.54, 1.807) is 6.26 Å². The van der Waals surface area contributed by atoms with Gasteiger partial charge in [-0.05, 0) is 24.1 Å². The van der Waals surface area contributed by atoms with Crippen molar-refractivity contribution in [1.29, 1.82) is 0 Å². The third kappa shape index (κ3) is 4.24. The number of benzene rings is 1. The number of hydrogen-bond donors (Lipinski definition) is 1. The Hall–Kier alpha value is -2.79. The highest BCUT2D eigenvalue weighted by molar-refractivity contribution is 7.80. The van der Waals surface area contributed by atoms with E-state index in [1.165, 1.54) is 5.56 Å². The predicted octanol–water partition coefficient (Wildman–Crippen LogP) is 3.67. The number of ketones is 1. The van der Waals surface area contributed by atoms with Crippen LogP contribution in [0.1, 0.15) is 34.6 Å². The Balaban J connectivity index is 1.84. The maximum Gasteiger partial charge on any atom is 0.270 e. The number of aryl methyl sites for hydroxylation is 1. The molecule has 0 fully saturated rings. The highest BCUT2D eigenvalue weighted by Gasteiger charge is 2.33. The second kappa shape index (κ2) is 8.54. The zero-order valence-electron chi connectivity index (χ0n) is 14.6. The summed E-state index contributed by atoms with van der Waals surface area (Å²) in [7, 11) is 0. The van der Waals surface area contributed by atoms with Gasteiger partial charge in [0.05, 0.1) is 12.8 Å². The predicted molar refractivity (Wildman–Crippen MR) is 104 cm³/mol. The molecule has 0 amide bonds. The number of Topliss-reactive ketones (excluding diaryl/α,β-unsaturated/α-hetero) is 1. The van der Waals surface area contributed by atoms with E-state index in [-0.39, 0.29) is 5.78 Å². The first-order chi connectivity index (χ1) is 12.7. The molecule has 4 nitrogen and oxygen atoms in total. The van der Waals surface area contributed by atoms with Gasteiger partial charge in [-0.2, -0.15) is 4.57 Å². The number of pyridine rings is 1. The third-order valence-corrected chi connectivity index (χ3v) is 4.56. The fourth-order valence-electron chi connectivity index (χ4n) is 2.72. The lowest BCUT2D eigenvalue weighted by Crippen LogP contribution is -2.51. The van der Waals surface area contributed by atoms with Crippen molar-refractivity contribution >= 4 is 23.0 Å². The molecule has 2 aromatic heterocycles. The first-order valence-electron chi connectivity index (χ1n) is 8.58. The largest absolute Gasteiger partial charge is 0.467 e. The number of aromatic nitrogens is 1. The van der Waals surface area contributed by atoms with Gasteiger partial charge in [-0.15, -0.1) is 0 Å². The van der Waals surface area contributed by atoms with Gasteiger partial charge in [0, 0.05) is 17.7 Å². The third-order valence-electron chi connectivity index (χ3n) is 4.20. The molecule has 1 aromatic carbocycles. The molecule has 0 saturated carbocycles. The van der Waals surface area contributed by atoms with E-state index in [0.29, 0.717) is 17.1 Å². The number of nitrogens with zero attached hydrogens (tertiary/aromatic N) is 1. The fourth-order valence-corrected chi connectivity index (χ4v) is 3.02. The number of rotatable bonds is 7. The van der Waals surface area contributed by atoms with Gasteiger partial charge in [0.15, 0.2) is 17.4 Å². The van der Waals surface area contributed by atoms with Crippen LogP contribution in [-0.2, 0) is 13.0 Å². The van der Waals surface area contributed by atoms with Crippen LogP contribution in [0.2, 0.25) is 0 Å². The fraction of sp³-hybridized carbons (Fsp3) is 0.190. The maximum atomic E-state index is 13.2. The van der Waals surface area contributed by atoms with E-state index >= 15 is 0 Å². The smallest absolute Gasteiger partial charge is 0.270 e. The van der Waals surface area contributed by atoms with Crippen molar-refractivity contribution in [3.63, 3.8) is 0 Å². The molecule has 0 unspecified atom stereocenters. The first kappa shape index (κ1) is 18.0. The molecular formula is C21H21N2O2S+. The number of hydrogen-bond acceptors (Lipinski definition) is 3. The van der Waals surface area contributed by atoms with Crippen molar-refractivity contribution in [2.45, 2.75) is 25.9 Å². The first-order valence-corrected chi connectivity index (χ1v) is 8.99. The van der Waals surface area contributed by atoms with Crippen molar-refractivity contribution in [2.75, 3.05) is 0 Å². The molecule has 0 spiro atoms. The lowest BCUT2D eigenvalue weighted by molar-refractivity contribution is -0.692. The molecule has 0 saturated heterocycles. The molecule has 0 aliphatic heterocycles. The minimum Gasteiger partial charge on any atom is -0.467 e. The summed E-state index contributed by atoms with van der Waals surface area (Å²) in [5.74, 6) is 0.727. The summed E-state index contributed by atoms with van der Waals surface area (Å²) in [6.07, 6.45) is 6.26. The normalized spacial score (nSPS) is 11.7. The molecule has 3 aromatic rings. The molecule has 0 aliphatic rings. The molecule has 2 heterocycles. The van der Waals surface area contributed by atoms with E-state index in [2.05, 4.69) is 12.2 Å². The van der Waals surface area contributed by atoms with Gasteiger partial charge in [-0.1, -0.05) is 49.5 Å². The molecular weight excluding hydrogens is 344 g/mol. The topological polar surface area (TPSA) is 46.1 Å². The molecule has 1 N–H and O–H groups in total. The van der Waals surface area contributed by atoms with Crippen molar-refractivity contribution in [3.05, 3.63) is 90.1 Å². The van der Waals surface area contributed by atoms with E-state index < -0.39 is 6.04 Å². The van der Waals surface area contributed by atoms with Gasteiger partial charge in [0.2, 0.25) is 5.78 Å². The lowest BCUT2D eigenvalue weighted by Gasteiger charge is -2.14. The van der Waals surface area contributed by atoms with E-state index in [9.17, 15) is 4.79 Å². The molecule has 3 rings (SSSR count). The number of thiocarbonyl (C=S) groups is 1.